The van der Waals surface area contributed by atoms with E-state index in [-0.39, 0.29) is 31.0 Å². The molecule has 0 spiro atoms. The fourth-order valence-corrected chi connectivity index (χ4v) is 3.14. The molecule has 7 heteroatoms. The molecule has 0 aliphatic carbocycles. The van der Waals surface area contributed by atoms with Gasteiger partial charge in [0.25, 0.3) is 5.91 Å². The summed E-state index contributed by atoms with van der Waals surface area (Å²) in [5, 5.41) is 3.76. The number of halogens is 2. The van der Waals surface area contributed by atoms with E-state index in [0.29, 0.717) is 15.8 Å². The van der Waals surface area contributed by atoms with Gasteiger partial charge in [0, 0.05) is 12.6 Å². The van der Waals surface area contributed by atoms with Gasteiger partial charge >= 0.3 is 0 Å². The number of hydrogen-bond acceptors (Lipinski definition) is 3. The van der Waals surface area contributed by atoms with Crippen LogP contribution in [0.25, 0.3) is 0 Å². The van der Waals surface area contributed by atoms with Gasteiger partial charge in [0.2, 0.25) is 5.91 Å². The Bertz CT molecular complexity index is 889. The van der Waals surface area contributed by atoms with Crippen molar-refractivity contribution in [1.29, 1.82) is 0 Å². The van der Waals surface area contributed by atoms with Crippen molar-refractivity contribution in [2.75, 3.05) is 6.61 Å². The Morgan fingerprint density at radius 2 is 1.83 bits per heavy atom. The first-order valence-corrected chi connectivity index (χ1v) is 10.7. The van der Waals surface area contributed by atoms with Gasteiger partial charge in [-0.25, -0.2) is 0 Å². The monoisotopic (exact) mass is 450 g/mol. The van der Waals surface area contributed by atoms with Crippen molar-refractivity contribution in [2.45, 2.75) is 52.7 Å². The zero-order chi connectivity index (χ0) is 22.3. The molecule has 2 amide bonds. The number of benzene rings is 2. The van der Waals surface area contributed by atoms with Crippen LogP contribution >= 0.6 is 23.2 Å². The molecule has 0 aliphatic heterocycles. The topological polar surface area (TPSA) is 58.6 Å². The van der Waals surface area contributed by atoms with Gasteiger partial charge in [0.1, 0.15) is 11.8 Å². The van der Waals surface area contributed by atoms with Crippen molar-refractivity contribution in [2.24, 2.45) is 0 Å². The summed E-state index contributed by atoms with van der Waals surface area (Å²) in [5.41, 5.74) is 1.81. The highest BCUT2D eigenvalue weighted by Crippen LogP contribution is 2.24. The number of nitrogens with one attached hydrogen (secondary N) is 1. The Kier molecular flexibility index (Phi) is 9.00. The van der Waals surface area contributed by atoms with Gasteiger partial charge in [-0.2, -0.15) is 0 Å². The number of hydrogen-bond donors (Lipinski definition) is 1. The van der Waals surface area contributed by atoms with Crippen LogP contribution in [0.4, 0.5) is 0 Å². The SMILES string of the molecule is CC[C@H](C)NC(=O)[C@@H](C)N(Cc1ccc(Cl)c(Cl)c1)C(=O)COc1cccc(C)c1. The first-order chi connectivity index (χ1) is 14.2. The summed E-state index contributed by atoms with van der Waals surface area (Å²) >= 11 is 12.1. The molecule has 0 heterocycles. The molecule has 0 fully saturated rings. The largest absolute Gasteiger partial charge is 0.484 e. The summed E-state index contributed by atoms with van der Waals surface area (Å²) in [7, 11) is 0. The molecule has 1 N–H and O–H groups in total. The smallest absolute Gasteiger partial charge is 0.261 e. The second kappa shape index (κ2) is 11.2. The number of aryl methyl sites for hydroxylation is 1. The molecular weight excluding hydrogens is 423 g/mol. The molecule has 0 bridgehead atoms. The predicted octanol–water partition coefficient (Wildman–Crippen LogP) is 5.01. The quantitative estimate of drug-likeness (QED) is 0.583. The lowest BCUT2D eigenvalue weighted by atomic mass is 10.1. The molecule has 30 heavy (non-hydrogen) atoms. The van der Waals surface area contributed by atoms with Crippen LogP contribution in [0, 0.1) is 6.92 Å². The average molecular weight is 451 g/mol. The molecule has 2 aromatic rings. The highest BCUT2D eigenvalue weighted by molar-refractivity contribution is 6.42. The van der Waals surface area contributed by atoms with E-state index < -0.39 is 6.04 Å². The molecule has 0 radical (unpaired) electrons. The number of nitrogens with zero attached hydrogens (tertiary/aromatic N) is 1. The number of ether oxygens (including phenoxy) is 1. The van der Waals surface area contributed by atoms with Gasteiger partial charge in [-0.05, 0) is 62.6 Å². The fourth-order valence-electron chi connectivity index (χ4n) is 2.82. The van der Waals surface area contributed by atoms with E-state index in [0.717, 1.165) is 17.5 Å². The van der Waals surface area contributed by atoms with Crippen LogP contribution in [0.1, 0.15) is 38.3 Å². The van der Waals surface area contributed by atoms with E-state index in [9.17, 15) is 9.59 Å². The molecule has 0 unspecified atom stereocenters. The van der Waals surface area contributed by atoms with Gasteiger partial charge in [-0.1, -0.05) is 48.3 Å². The minimum absolute atomic E-state index is 0.0189. The van der Waals surface area contributed by atoms with Gasteiger partial charge in [0.05, 0.1) is 10.0 Å². The average Bonchev–Trinajstić information content (AvgIpc) is 2.72. The van der Waals surface area contributed by atoms with Crippen molar-refractivity contribution in [3.8, 4) is 5.75 Å². The molecule has 0 saturated heterocycles. The maximum absolute atomic E-state index is 13.0. The fraction of sp³-hybridized carbons (Fsp3) is 0.391. The standard InChI is InChI=1S/C23H28Cl2N2O3/c1-5-16(3)26-23(29)17(4)27(13-18-9-10-20(24)21(25)12-18)22(28)14-30-19-8-6-7-15(2)11-19/h6-12,16-17H,5,13-14H2,1-4H3,(H,26,29)/t16-,17+/m0/s1. The normalized spacial score (nSPS) is 12.7. The second-order valence-electron chi connectivity index (χ2n) is 7.37. The highest BCUT2D eigenvalue weighted by atomic mass is 35.5. The highest BCUT2D eigenvalue weighted by Gasteiger charge is 2.27. The molecule has 5 nitrogen and oxygen atoms in total. The third kappa shape index (κ3) is 6.92. The molecular formula is C23H28Cl2N2O3. The lowest BCUT2D eigenvalue weighted by Gasteiger charge is -2.29. The molecule has 0 aliphatic rings. The summed E-state index contributed by atoms with van der Waals surface area (Å²) in [6.07, 6.45) is 0.801. The van der Waals surface area contributed by atoms with Crippen molar-refractivity contribution in [3.63, 3.8) is 0 Å². The molecule has 0 aromatic heterocycles. The van der Waals surface area contributed by atoms with Crippen LogP contribution in [-0.2, 0) is 16.1 Å². The van der Waals surface area contributed by atoms with Crippen LogP contribution in [0.3, 0.4) is 0 Å². The predicted molar refractivity (Wildman–Crippen MR) is 121 cm³/mol. The Hall–Kier alpha value is -2.24. The summed E-state index contributed by atoms with van der Waals surface area (Å²) in [6.45, 7) is 7.61. The van der Waals surface area contributed by atoms with Gasteiger partial charge < -0.3 is 15.0 Å². The minimum Gasteiger partial charge on any atom is -0.484 e. The van der Waals surface area contributed by atoms with Crippen LogP contribution in [0.2, 0.25) is 10.0 Å². The number of carbonyl (C=O) groups excluding carboxylic acids is 2. The van der Waals surface area contributed by atoms with E-state index in [4.69, 9.17) is 27.9 Å². The van der Waals surface area contributed by atoms with Crippen LogP contribution < -0.4 is 10.1 Å². The van der Waals surface area contributed by atoms with Crippen LogP contribution in [-0.4, -0.2) is 35.4 Å². The zero-order valence-corrected chi connectivity index (χ0v) is 19.3. The maximum atomic E-state index is 13.0. The molecule has 0 saturated carbocycles. The Balaban J connectivity index is 2.18. The lowest BCUT2D eigenvalue weighted by Crippen LogP contribution is -2.50. The summed E-state index contributed by atoms with van der Waals surface area (Å²) in [5.74, 6) is 0.0947. The van der Waals surface area contributed by atoms with Gasteiger partial charge in [-0.15, -0.1) is 0 Å². The van der Waals surface area contributed by atoms with Crippen molar-refractivity contribution in [1.82, 2.24) is 10.2 Å². The number of rotatable bonds is 9. The van der Waals surface area contributed by atoms with Crippen molar-refractivity contribution >= 4 is 35.0 Å². The summed E-state index contributed by atoms with van der Waals surface area (Å²) in [6, 6.07) is 12.0. The lowest BCUT2D eigenvalue weighted by molar-refractivity contribution is -0.142. The first kappa shape index (κ1) is 24.0. The van der Waals surface area contributed by atoms with E-state index >= 15 is 0 Å². The van der Waals surface area contributed by atoms with E-state index in [1.54, 1.807) is 31.2 Å². The van der Waals surface area contributed by atoms with E-state index in [1.165, 1.54) is 4.90 Å². The second-order valence-corrected chi connectivity index (χ2v) is 8.18. The molecule has 2 aromatic carbocycles. The summed E-state index contributed by atoms with van der Waals surface area (Å²) in [4.78, 5) is 27.2. The first-order valence-electron chi connectivity index (χ1n) is 9.94. The third-order valence-electron chi connectivity index (χ3n) is 4.86. The van der Waals surface area contributed by atoms with Crippen molar-refractivity contribution in [3.05, 3.63) is 63.6 Å². The van der Waals surface area contributed by atoms with Crippen molar-refractivity contribution < 1.29 is 14.3 Å². The molecule has 2 rings (SSSR count). The molecule has 2 atom stereocenters. The van der Waals surface area contributed by atoms with Gasteiger partial charge in [0.15, 0.2) is 6.61 Å². The van der Waals surface area contributed by atoms with Crippen LogP contribution in [0.5, 0.6) is 5.75 Å². The zero-order valence-electron chi connectivity index (χ0n) is 17.7. The van der Waals surface area contributed by atoms with E-state index in [1.807, 2.05) is 39.0 Å². The van der Waals surface area contributed by atoms with Crippen LogP contribution in [0.15, 0.2) is 42.5 Å². The minimum atomic E-state index is -0.679. The van der Waals surface area contributed by atoms with Gasteiger partial charge in [-0.3, -0.25) is 9.59 Å². The Morgan fingerprint density at radius 3 is 2.47 bits per heavy atom. The number of carbonyl (C=O) groups is 2. The Morgan fingerprint density at radius 1 is 1.10 bits per heavy atom. The Labute approximate surface area is 188 Å². The number of amides is 2. The third-order valence-corrected chi connectivity index (χ3v) is 5.60. The maximum Gasteiger partial charge on any atom is 0.261 e. The summed E-state index contributed by atoms with van der Waals surface area (Å²) < 4.78 is 5.67. The molecule has 162 valence electrons. The van der Waals surface area contributed by atoms with E-state index in [2.05, 4.69) is 5.32 Å².